The number of carboxylic acid groups (broad SMARTS) is 1. The van der Waals surface area contributed by atoms with Crippen LogP contribution in [0.5, 0.6) is 0 Å². The molecule has 2 unspecified atom stereocenters. The molecule has 2 aliphatic heterocycles. The summed E-state index contributed by atoms with van der Waals surface area (Å²) in [7, 11) is 0. The number of hydrogen-bond acceptors (Lipinski definition) is 4. The number of amides is 1. The summed E-state index contributed by atoms with van der Waals surface area (Å²) >= 11 is 1.47. The van der Waals surface area contributed by atoms with Crippen LogP contribution >= 0.6 is 11.8 Å². The molecule has 5 nitrogen and oxygen atoms in total. The van der Waals surface area contributed by atoms with Crippen molar-refractivity contribution in [1.29, 1.82) is 0 Å². The molecule has 2 heterocycles. The zero-order chi connectivity index (χ0) is 10.7. The molecule has 3 N–H and O–H groups in total. The molecule has 0 saturated carbocycles. The number of carbonyl (C=O) groups is 2. The van der Waals surface area contributed by atoms with Crippen molar-refractivity contribution in [3.63, 3.8) is 0 Å². The maximum atomic E-state index is 11.4. The Kier molecular flexibility index (Phi) is 1.84. The third kappa shape index (κ3) is 1.01. The predicted octanol–water partition coefficient (Wildman–Crippen LogP) is -0.539. The van der Waals surface area contributed by atoms with Gasteiger partial charge >= 0.3 is 5.97 Å². The Morgan fingerprint density at radius 2 is 2.21 bits per heavy atom. The monoisotopic (exact) mass is 216 g/mol. The quantitative estimate of drug-likeness (QED) is 0.575. The van der Waals surface area contributed by atoms with Crippen molar-refractivity contribution in [3.05, 3.63) is 0 Å². The number of thioether (sulfide) groups is 1. The van der Waals surface area contributed by atoms with Crippen LogP contribution in [0.25, 0.3) is 0 Å². The number of rotatable bonds is 1. The van der Waals surface area contributed by atoms with Gasteiger partial charge in [0.25, 0.3) is 0 Å². The van der Waals surface area contributed by atoms with Crippen molar-refractivity contribution in [2.45, 2.75) is 36.1 Å². The summed E-state index contributed by atoms with van der Waals surface area (Å²) in [4.78, 5) is 23.8. The number of carbonyl (C=O) groups excluding carboxylic acids is 1. The molecule has 0 aromatic carbocycles. The first kappa shape index (κ1) is 9.79. The minimum Gasteiger partial charge on any atom is -0.480 e. The molecule has 0 aromatic rings. The summed E-state index contributed by atoms with van der Waals surface area (Å²) in [5.74, 6) is -1.20. The van der Waals surface area contributed by atoms with E-state index < -0.39 is 22.8 Å². The average Bonchev–Trinajstić information content (AvgIpc) is 2.34. The van der Waals surface area contributed by atoms with Crippen LogP contribution in [0.2, 0.25) is 0 Å². The predicted molar refractivity (Wildman–Crippen MR) is 51.7 cm³/mol. The van der Waals surface area contributed by atoms with Gasteiger partial charge < -0.3 is 15.7 Å². The summed E-state index contributed by atoms with van der Waals surface area (Å²) in [6.07, 6.45) is 0. The molecule has 0 aliphatic carbocycles. The van der Waals surface area contributed by atoms with Crippen LogP contribution in [0.15, 0.2) is 0 Å². The molecule has 1 amide bonds. The molecule has 0 radical (unpaired) electrons. The molecule has 2 rings (SSSR count). The topological polar surface area (TPSA) is 83.6 Å². The average molecular weight is 216 g/mol. The van der Waals surface area contributed by atoms with Crippen LogP contribution < -0.4 is 5.73 Å². The minimum atomic E-state index is -0.953. The zero-order valence-corrected chi connectivity index (χ0v) is 8.75. The van der Waals surface area contributed by atoms with Crippen LogP contribution in [0, 0.1) is 0 Å². The number of fused-ring (bicyclic) bond motifs is 1. The van der Waals surface area contributed by atoms with Gasteiger partial charge in [0.05, 0.1) is 0 Å². The minimum absolute atomic E-state index is 0.154. The van der Waals surface area contributed by atoms with E-state index in [0.717, 1.165) is 0 Å². The van der Waals surface area contributed by atoms with E-state index in [2.05, 4.69) is 0 Å². The fourth-order valence-corrected chi connectivity index (χ4v) is 3.61. The lowest BCUT2D eigenvalue weighted by molar-refractivity contribution is -0.159. The maximum absolute atomic E-state index is 11.4. The van der Waals surface area contributed by atoms with Crippen LogP contribution in [0.1, 0.15) is 13.8 Å². The highest BCUT2D eigenvalue weighted by Crippen LogP contribution is 2.50. The number of carboxylic acids is 1. The molecule has 0 spiro atoms. The molecule has 3 atom stereocenters. The Morgan fingerprint density at radius 3 is 2.71 bits per heavy atom. The number of hydrogen-bond donors (Lipinski definition) is 2. The Morgan fingerprint density at radius 1 is 1.64 bits per heavy atom. The van der Waals surface area contributed by atoms with E-state index in [-0.39, 0.29) is 11.3 Å². The Labute approximate surface area is 85.6 Å². The van der Waals surface area contributed by atoms with E-state index in [9.17, 15) is 9.59 Å². The maximum Gasteiger partial charge on any atom is 0.327 e. The van der Waals surface area contributed by atoms with Gasteiger partial charge in [-0.1, -0.05) is 0 Å². The van der Waals surface area contributed by atoms with Crippen molar-refractivity contribution in [2.24, 2.45) is 5.73 Å². The molecular formula is C8H12N2O3S. The number of nitrogens with zero attached hydrogens (tertiary/aromatic N) is 1. The number of aliphatic carboxylic acids is 1. The van der Waals surface area contributed by atoms with E-state index in [0.29, 0.717) is 0 Å². The molecule has 6 heteroatoms. The summed E-state index contributed by atoms with van der Waals surface area (Å²) in [5.41, 5.74) is 5.59. The second-order valence-electron chi connectivity index (χ2n) is 4.12. The van der Waals surface area contributed by atoms with E-state index in [1.165, 1.54) is 16.7 Å². The zero-order valence-electron chi connectivity index (χ0n) is 7.93. The highest BCUT2D eigenvalue weighted by atomic mass is 32.2. The van der Waals surface area contributed by atoms with Gasteiger partial charge in [-0.3, -0.25) is 4.79 Å². The fraction of sp³-hybridized carbons (Fsp3) is 0.750. The van der Waals surface area contributed by atoms with E-state index >= 15 is 0 Å². The first-order chi connectivity index (χ1) is 6.36. The van der Waals surface area contributed by atoms with Gasteiger partial charge in [0.2, 0.25) is 5.91 Å². The Hall–Kier alpha value is -0.750. The van der Waals surface area contributed by atoms with Gasteiger partial charge in [-0.25, -0.2) is 4.79 Å². The van der Waals surface area contributed by atoms with Gasteiger partial charge in [0.15, 0.2) is 0 Å². The van der Waals surface area contributed by atoms with Crippen LogP contribution in [-0.4, -0.2) is 44.1 Å². The van der Waals surface area contributed by atoms with Crippen LogP contribution in [0.3, 0.4) is 0 Å². The van der Waals surface area contributed by atoms with Crippen molar-refractivity contribution in [1.82, 2.24) is 4.90 Å². The summed E-state index contributed by atoms with van der Waals surface area (Å²) in [6.45, 7) is 3.66. The smallest absolute Gasteiger partial charge is 0.327 e. The van der Waals surface area contributed by atoms with E-state index in [4.69, 9.17) is 10.8 Å². The highest BCUT2D eigenvalue weighted by Gasteiger charge is 2.62. The Balaban J connectivity index is 2.32. The second-order valence-corrected chi connectivity index (χ2v) is 5.89. The van der Waals surface area contributed by atoms with Crippen molar-refractivity contribution in [2.75, 3.05) is 0 Å². The summed E-state index contributed by atoms with van der Waals surface area (Å²) in [5, 5.41) is 8.87. The lowest BCUT2D eigenvalue weighted by atomic mass is 9.96. The van der Waals surface area contributed by atoms with Gasteiger partial charge in [-0.2, -0.15) is 0 Å². The molecule has 0 aromatic heterocycles. The summed E-state index contributed by atoms with van der Waals surface area (Å²) in [6, 6.07) is -1.27. The van der Waals surface area contributed by atoms with E-state index in [1.54, 1.807) is 0 Å². The molecule has 2 saturated heterocycles. The largest absolute Gasteiger partial charge is 0.480 e. The normalized spacial score (nSPS) is 39.2. The molecular weight excluding hydrogens is 204 g/mol. The van der Waals surface area contributed by atoms with Crippen molar-refractivity contribution >= 4 is 23.6 Å². The van der Waals surface area contributed by atoms with Gasteiger partial charge in [-0.15, -0.1) is 11.8 Å². The first-order valence-electron chi connectivity index (χ1n) is 4.34. The van der Waals surface area contributed by atoms with Crippen LogP contribution in [-0.2, 0) is 9.59 Å². The molecule has 2 aliphatic rings. The molecule has 14 heavy (non-hydrogen) atoms. The van der Waals surface area contributed by atoms with Gasteiger partial charge in [0.1, 0.15) is 17.5 Å². The second kappa shape index (κ2) is 2.64. The molecule has 0 bridgehead atoms. The van der Waals surface area contributed by atoms with Gasteiger partial charge in [0, 0.05) is 4.75 Å². The van der Waals surface area contributed by atoms with Crippen LogP contribution in [0.4, 0.5) is 0 Å². The third-order valence-corrected chi connectivity index (χ3v) is 4.31. The SMILES string of the molecule is CC1(C)SC2[C@H](N)C(=O)N2C1C(=O)O. The molecule has 78 valence electrons. The lowest BCUT2D eigenvalue weighted by Crippen LogP contribution is -2.68. The Bertz CT molecular complexity index is 318. The first-order valence-corrected chi connectivity index (χ1v) is 5.22. The highest BCUT2D eigenvalue weighted by molar-refractivity contribution is 8.01. The third-order valence-electron chi connectivity index (χ3n) is 2.72. The summed E-state index contributed by atoms with van der Waals surface area (Å²) < 4.78 is -0.458. The fourth-order valence-electron chi connectivity index (χ4n) is 2.04. The number of β-lactam (4-membered cyclic amide) rings is 1. The molecule has 2 fully saturated rings. The van der Waals surface area contributed by atoms with E-state index in [1.807, 2.05) is 13.8 Å². The van der Waals surface area contributed by atoms with Gasteiger partial charge in [-0.05, 0) is 13.8 Å². The number of nitrogens with two attached hydrogens (primary N) is 1. The lowest BCUT2D eigenvalue weighted by Gasteiger charge is -2.41. The van der Waals surface area contributed by atoms with Crippen molar-refractivity contribution in [3.8, 4) is 0 Å². The standard InChI is InChI=1S/C8H12N2O3S/c1-8(2)4(7(12)13)10-5(11)3(9)6(10)14-8/h3-4,6H,9H2,1-2H3,(H,12,13)/t3-,4?,6?/m1/s1. The van der Waals surface area contributed by atoms with Crippen molar-refractivity contribution < 1.29 is 14.7 Å².